The molecule has 1 amide bonds. The van der Waals surface area contributed by atoms with Gasteiger partial charge in [0.25, 0.3) is 5.91 Å². The Hall–Kier alpha value is -3.58. The smallest absolute Gasteiger partial charge is 0.253 e. The third kappa shape index (κ3) is 4.64. The van der Waals surface area contributed by atoms with Gasteiger partial charge >= 0.3 is 0 Å². The zero-order valence-corrected chi connectivity index (χ0v) is 20.2. The number of hydrogen-bond acceptors (Lipinski definition) is 5. The summed E-state index contributed by atoms with van der Waals surface area (Å²) in [5.74, 6) is 1.49. The van der Waals surface area contributed by atoms with Crippen LogP contribution in [0.25, 0.3) is 27.6 Å². The van der Waals surface area contributed by atoms with Crippen LogP contribution in [-0.2, 0) is 0 Å². The van der Waals surface area contributed by atoms with Crippen LogP contribution in [0, 0.1) is 6.92 Å². The number of aromatic nitrogens is 2. The van der Waals surface area contributed by atoms with E-state index in [-0.39, 0.29) is 11.9 Å². The molecule has 0 atom stereocenters. The fourth-order valence-corrected chi connectivity index (χ4v) is 4.51. The van der Waals surface area contributed by atoms with Crippen LogP contribution in [0.3, 0.4) is 0 Å². The highest BCUT2D eigenvalue weighted by Gasteiger charge is 2.22. The van der Waals surface area contributed by atoms with E-state index in [1.54, 1.807) is 25.6 Å². The molecule has 0 saturated carbocycles. The molecule has 0 aliphatic carbocycles. The molecule has 0 radical (unpaired) electrons. The minimum Gasteiger partial charge on any atom is -0.497 e. The van der Waals surface area contributed by atoms with Crippen LogP contribution in [0.4, 0.5) is 0 Å². The lowest BCUT2D eigenvalue weighted by Gasteiger charge is -2.12. The average Bonchev–Trinajstić information content (AvgIpc) is 3.43. The Morgan fingerprint density at radius 2 is 1.61 bits per heavy atom. The Kier molecular flexibility index (Phi) is 6.51. The highest BCUT2D eigenvalue weighted by Crippen LogP contribution is 2.34. The second kappa shape index (κ2) is 9.50. The monoisotopic (exact) mass is 461 g/mol. The largest absolute Gasteiger partial charge is 0.497 e. The number of nitrogens with zero attached hydrogens (tertiary/aromatic N) is 2. The lowest BCUT2D eigenvalue weighted by molar-refractivity contribution is 0.0942. The number of benzene rings is 2. The molecule has 6 nitrogen and oxygen atoms in total. The molecule has 33 heavy (non-hydrogen) atoms. The fourth-order valence-electron chi connectivity index (χ4n) is 3.69. The quantitative estimate of drug-likeness (QED) is 0.382. The van der Waals surface area contributed by atoms with E-state index >= 15 is 0 Å². The van der Waals surface area contributed by atoms with Gasteiger partial charge in [0.15, 0.2) is 0 Å². The second-order valence-corrected chi connectivity index (χ2v) is 8.81. The van der Waals surface area contributed by atoms with Crippen molar-refractivity contribution in [3.05, 3.63) is 71.2 Å². The van der Waals surface area contributed by atoms with Gasteiger partial charge in [-0.3, -0.25) is 4.79 Å². The summed E-state index contributed by atoms with van der Waals surface area (Å²) >= 11 is 1.57. The summed E-state index contributed by atoms with van der Waals surface area (Å²) in [6.07, 6.45) is 0. The number of hydrogen-bond donors (Lipinski definition) is 1. The van der Waals surface area contributed by atoms with Crippen LogP contribution in [0.2, 0.25) is 0 Å². The third-order valence-corrected chi connectivity index (χ3v) is 6.24. The van der Waals surface area contributed by atoms with Gasteiger partial charge < -0.3 is 19.4 Å². The van der Waals surface area contributed by atoms with E-state index in [2.05, 4.69) is 9.88 Å². The van der Waals surface area contributed by atoms with Crippen LogP contribution in [0.1, 0.15) is 29.9 Å². The van der Waals surface area contributed by atoms with Gasteiger partial charge in [-0.05, 0) is 75.4 Å². The number of carbonyl (C=O) groups is 1. The van der Waals surface area contributed by atoms with Crippen molar-refractivity contribution in [2.75, 3.05) is 14.2 Å². The van der Waals surface area contributed by atoms with Crippen molar-refractivity contribution < 1.29 is 14.3 Å². The number of carbonyl (C=O) groups excluding carboxylic acids is 1. The number of methoxy groups -OCH3 is 2. The van der Waals surface area contributed by atoms with E-state index in [9.17, 15) is 4.79 Å². The number of rotatable bonds is 7. The Balaban J connectivity index is 1.80. The molecule has 0 fully saturated rings. The maximum Gasteiger partial charge on any atom is 0.253 e. The molecule has 2 aromatic carbocycles. The molecule has 170 valence electrons. The Morgan fingerprint density at radius 3 is 2.18 bits per heavy atom. The molecule has 7 heteroatoms. The summed E-state index contributed by atoms with van der Waals surface area (Å²) in [5.41, 5.74) is 5.12. The number of ether oxygens (including phenoxy) is 2. The molecule has 4 aromatic rings. The van der Waals surface area contributed by atoms with Crippen molar-refractivity contribution in [3.8, 4) is 39.1 Å². The first-order valence-electron chi connectivity index (χ1n) is 10.7. The van der Waals surface area contributed by atoms with Crippen LogP contribution >= 0.6 is 11.3 Å². The van der Waals surface area contributed by atoms with Crippen molar-refractivity contribution in [1.29, 1.82) is 0 Å². The molecular formula is C26H27N3O3S. The number of thiazole rings is 1. The van der Waals surface area contributed by atoms with E-state index in [1.165, 1.54) is 0 Å². The van der Waals surface area contributed by atoms with Gasteiger partial charge in [-0.1, -0.05) is 0 Å². The Labute approximate surface area is 197 Å². The summed E-state index contributed by atoms with van der Waals surface area (Å²) in [5, 5.41) is 5.93. The predicted molar refractivity (Wildman–Crippen MR) is 133 cm³/mol. The van der Waals surface area contributed by atoms with Crippen molar-refractivity contribution >= 4 is 17.2 Å². The fraction of sp³-hybridized carbons (Fsp3) is 0.231. The van der Waals surface area contributed by atoms with Crippen molar-refractivity contribution in [3.63, 3.8) is 0 Å². The molecule has 0 saturated heterocycles. The minimum atomic E-state index is -0.0957. The minimum absolute atomic E-state index is 0.0469. The van der Waals surface area contributed by atoms with Gasteiger partial charge in [0.1, 0.15) is 16.5 Å². The average molecular weight is 462 g/mol. The maximum atomic E-state index is 12.9. The maximum absolute atomic E-state index is 12.9. The molecule has 2 aromatic heterocycles. The standard InChI is InChI=1S/C26H27N3O3S/c1-16(2)27-25(30)22-14-24(29(17(22)3)19-8-12-21(32-5)13-9-19)23-15-33-26(28-23)18-6-10-20(31-4)11-7-18/h6-16H,1-5H3,(H,27,30). The van der Waals surface area contributed by atoms with Crippen molar-refractivity contribution in [2.24, 2.45) is 0 Å². The SMILES string of the molecule is COc1ccc(-c2nc(-c3cc(C(=O)NC(C)C)c(C)n3-c3ccc(OC)cc3)cs2)cc1. The first-order valence-corrected chi connectivity index (χ1v) is 11.6. The molecule has 0 unspecified atom stereocenters. The summed E-state index contributed by atoms with van der Waals surface area (Å²) < 4.78 is 12.6. The molecule has 0 bridgehead atoms. The highest BCUT2D eigenvalue weighted by atomic mass is 32.1. The summed E-state index contributed by atoms with van der Waals surface area (Å²) in [6, 6.07) is 17.6. The third-order valence-electron chi connectivity index (χ3n) is 5.35. The molecule has 4 rings (SSSR count). The van der Waals surface area contributed by atoms with Crippen molar-refractivity contribution in [1.82, 2.24) is 14.9 Å². The van der Waals surface area contributed by atoms with Crippen molar-refractivity contribution in [2.45, 2.75) is 26.8 Å². The van der Waals surface area contributed by atoms with Gasteiger partial charge in [0, 0.05) is 28.4 Å². The zero-order valence-electron chi connectivity index (χ0n) is 19.4. The van der Waals surface area contributed by atoms with Crippen LogP contribution in [-0.4, -0.2) is 35.7 Å². The first-order chi connectivity index (χ1) is 15.9. The molecule has 2 heterocycles. The number of nitrogens with one attached hydrogen (secondary N) is 1. The Morgan fingerprint density at radius 1 is 1.00 bits per heavy atom. The topological polar surface area (TPSA) is 65.4 Å². The molecule has 0 aliphatic heterocycles. The van der Waals surface area contributed by atoms with Crippen LogP contribution in [0.15, 0.2) is 60.0 Å². The lowest BCUT2D eigenvalue weighted by atomic mass is 10.2. The molecule has 0 spiro atoms. The summed E-state index contributed by atoms with van der Waals surface area (Å²) in [4.78, 5) is 17.8. The lowest BCUT2D eigenvalue weighted by Crippen LogP contribution is -2.30. The van der Waals surface area contributed by atoms with E-state index in [0.29, 0.717) is 5.56 Å². The van der Waals surface area contributed by atoms with Gasteiger partial charge in [-0.15, -0.1) is 11.3 Å². The molecular weight excluding hydrogens is 434 g/mol. The number of amides is 1. The van der Waals surface area contributed by atoms with E-state index in [1.807, 2.05) is 80.7 Å². The van der Waals surface area contributed by atoms with E-state index in [0.717, 1.165) is 44.8 Å². The normalized spacial score (nSPS) is 11.0. The predicted octanol–water partition coefficient (Wildman–Crippen LogP) is 5.73. The van der Waals surface area contributed by atoms with Gasteiger partial charge in [-0.25, -0.2) is 4.98 Å². The first kappa shape index (κ1) is 22.6. The molecule has 1 N–H and O–H groups in total. The van der Waals surface area contributed by atoms with E-state index in [4.69, 9.17) is 14.5 Å². The van der Waals surface area contributed by atoms with Gasteiger partial charge in [-0.2, -0.15) is 0 Å². The van der Waals surface area contributed by atoms with Crippen LogP contribution in [0.5, 0.6) is 11.5 Å². The second-order valence-electron chi connectivity index (χ2n) is 7.96. The van der Waals surface area contributed by atoms with Gasteiger partial charge in [0.2, 0.25) is 0 Å². The van der Waals surface area contributed by atoms with E-state index < -0.39 is 0 Å². The van der Waals surface area contributed by atoms with Crippen LogP contribution < -0.4 is 14.8 Å². The summed E-state index contributed by atoms with van der Waals surface area (Å²) in [7, 11) is 3.30. The van der Waals surface area contributed by atoms with Gasteiger partial charge in [0.05, 0.1) is 31.2 Å². The zero-order chi connectivity index (χ0) is 23.5. The Bertz CT molecular complexity index is 1260. The highest BCUT2D eigenvalue weighted by molar-refractivity contribution is 7.13. The summed E-state index contributed by atoms with van der Waals surface area (Å²) in [6.45, 7) is 5.87. The molecule has 0 aliphatic rings.